The van der Waals surface area contributed by atoms with Gasteiger partial charge in [0.15, 0.2) is 0 Å². The molecule has 8 heteroatoms. The molecule has 2 unspecified atom stereocenters. The number of para-hydroxylation sites is 2. The number of carbonyl (C=O) groups excluding carboxylic acids is 2. The van der Waals surface area contributed by atoms with E-state index in [2.05, 4.69) is 17.1 Å². The number of carbonyl (C=O) groups is 2. The van der Waals surface area contributed by atoms with Gasteiger partial charge in [0.1, 0.15) is 11.5 Å². The van der Waals surface area contributed by atoms with Crippen LogP contribution in [0.2, 0.25) is 0 Å². The first kappa shape index (κ1) is 23.9. The van der Waals surface area contributed by atoms with E-state index in [0.29, 0.717) is 22.8 Å². The summed E-state index contributed by atoms with van der Waals surface area (Å²) in [5.41, 5.74) is 5.35. The van der Waals surface area contributed by atoms with E-state index in [1.807, 2.05) is 76.9 Å². The second-order valence-corrected chi connectivity index (χ2v) is 10.8. The molecule has 8 nitrogen and oxygen atoms in total. The average Bonchev–Trinajstić information content (AvgIpc) is 3.48. The van der Waals surface area contributed by atoms with Crippen molar-refractivity contribution in [1.82, 2.24) is 0 Å². The second-order valence-electron chi connectivity index (χ2n) is 10.8. The predicted octanol–water partition coefficient (Wildman–Crippen LogP) is 4.81. The van der Waals surface area contributed by atoms with Gasteiger partial charge in [-0.2, -0.15) is 0 Å². The highest BCUT2D eigenvalue weighted by Gasteiger charge is 2.41. The van der Waals surface area contributed by atoms with Gasteiger partial charge in [-0.25, -0.2) is 0 Å². The van der Waals surface area contributed by atoms with Crippen LogP contribution in [0.1, 0.15) is 21.5 Å². The number of ether oxygens (including phenoxy) is 2. The fourth-order valence-corrected chi connectivity index (χ4v) is 6.42. The maximum absolute atomic E-state index is 13.5. The minimum Gasteiger partial charge on any atom is -0.458 e. The normalized spacial score (nSPS) is 24.8. The van der Waals surface area contributed by atoms with Gasteiger partial charge in [-0.1, -0.05) is 42.5 Å². The van der Waals surface area contributed by atoms with Crippen molar-refractivity contribution in [2.75, 3.05) is 16.6 Å². The van der Waals surface area contributed by atoms with Gasteiger partial charge in [-0.05, 0) is 47.5 Å². The van der Waals surface area contributed by atoms with Crippen LogP contribution in [-0.4, -0.2) is 49.2 Å². The molecule has 0 saturated carbocycles. The van der Waals surface area contributed by atoms with Gasteiger partial charge >= 0.3 is 0 Å². The molecule has 0 bridgehead atoms. The molecular weight excluding hydrogens is 516 g/mol. The minimum absolute atomic E-state index is 0.0358. The van der Waals surface area contributed by atoms with Crippen molar-refractivity contribution in [1.29, 1.82) is 0 Å². The molecule has 4 atom stereocenters. The van der Waals surface area contributed by atoms with Crippen molar-refractivity contribution >= 4 is 41.3 Å². The summed E-state index contributed by atoms with van der Waals surface area (Å²) in [6.07, 6.45) is 10.8. The molecule has 2 amide bonds. The van der Waals surface area contributed by atoms with E-state index < -0.39 is 0 Å². The quantitative estimate of drug-likeness (QED) is 0.443. The van der Waals surface area contributed by atoms with Crippen LogP contribution >= 0.6 is 0 Å². The molecule has 0 fully saturated rings. The number of hydrogen-bond donors (Lipinski definition) is 0. The van der Waals surface area contributed by atoms with Crippen molar-refractivity contribution in [3.8, 4) is 5.75 Å². The number of nitrogens with zero attached hydrogens (tertiary/aromatic N) is 4. The van der Waals surface area contributed by atoms with E-state index in [0.717, 1.165) is 29.8 Å². The fraction of sp³-hybridized carbons (Fsp3) is 0.212. The Morgan fingerprint density at radius 3 is 2.37 bits per heavy atom. The highest BCUT2D eigenvalue weighted by Crippen LogP contribution is 2.38. The van der Waals surface area contributed by atoms with Gasteiger partial charge in [0.25, 0.3) is 5.91 Å². The zero-order valence-corrected chi connectivity index (χ0v) is 22.1. The van der Waals surface area contributed by atoms with Crippen LogP contribution in [0.15, 0.2) is 101 Å². The first-order chi connectivity index (χ1) is 20.1. The third-order valence-electron chi connectivity index (χ3n) is 8.40. The third-order valence-corrected chi connectivity index (χ3v) is 8.40. The van der Waals surface area contributed by atoms with E-state index >= 15 is 0 Å². The fourth-order valence-electron chi connectivity index (χ4n) is 6.42. The summed E-state index contributed by atoms with van der Waals surface area (Å²) >= 11 is 0. The molecule has 1 aliphatic carbocycles. The Hall–Kier alpha value is -4.98. The summed E-state index contributed by atoms with van der Waals surface area (Å²) in [7, 11) is 0. The molecule has 202 valence electrons. The van der Waals surface area contributed by atoms with Crippen LogP contribution in [0, 0.1) is 5.92 Å². The number of amides is 2. The Morgan fingerprint density at radius 2 is 1.56 bits per heavy atom. The highest BCUT2D eigenvalue weighted by molar-refractivity contribution is 6.14. The number of benzene rings is 3. The van der Waals surface area contributed by atoms with Gasteiger partial charge in [-0.15, -0.1) is 0 Å². The maximum Gasteiger partial charge on any atom is 0.261 e. The number of fused-ring (bicyclic) bond motifs is 8. The topological polar surface area (TPSA) is 83.8 Å². The lowest BCUT2D eigenvalue weighted by atomic mass is 9.93. The maximum atomic E-state index is 13.5. The molecule has 3 aromatic carbocycles. The summed E-state index contributed by atoms with van der Waals surface area (Å²) < 4.78 is 11.8. The Bertz CT molecular complexity index is 1720. The molecule has 4 aliphatic heterocycles. The SMILES string of the molecule is O=C1c2ccc(OCOC3=CC4N=C[C@@H]5Cc6ccccc6N5C(=O)C4C=C3)cc2N=C[C@@H]2Cc3ccccc3N12. The van der Waals surface area contributed by atoms with Gasteiger partial charge in [-0.3, -0.25) is 24.5 Å². The van der Waals surface area contributed by atoms with Crippen molar-refractivity contribution in [2.45, 2.75) is 31.0 Å². The molecule has 0 radical (unpaired) electrons. The summed E-state index contributed by atoms with van der Waals surface area (Å²) in [6, 6.07) is 20.8. The second kappa shape index (κ2) is 9.30. The Morgan fingerprint density at radius 1 is 0.829 bits per heavy atom. The van der Waals surface area contributed by atoms with Crippen molar-refractivity contribution in [2.24, 2.45) is 15.9 Å². The molecule has 41 heavy (non-hydrogen) atoms. The summed E-state index contributed by atoms with van der Waals surface area (Å²) in [5.74, 6) is 0.759. The van der Waals surface area contributed by atoms with Crippen LogP contribution in [0.25, 0.3) is 0 Å². The van der Waals surface area contributed by atoms with Gasteiger partial charge in [0.2, 0.25) is 12.7 Å². The van der Waals surface area contributed by atoms with Crippen molar-refractivity contribution in [3.05, 3.63) is 107 Å². The smallest absolute Gasteiger partial charge is 0.261 e. The number of hydrogen-bond acceptors (Lipinski definition) is 6. The zero-order valence-electron chi connectivity index (χ0n) is 22.1. The van der Waals surface area contributed by atoms with E-state index in [1.54, 1.807) is 18.2 Å². The van der Waals surface area contributed by atoms with E-state index in [4.69, 9.17) is 14.5 Å². The van der Waals surface area contributed by atoms with Gasteiger partial charge in [0.05, 0.1) is 35.3 Å². The van der Waals surface area contributed by atoms with Crippen LogP contribution in [-0.2, 0) is 22.4 Å². The third kappa shape index (κ3) is 3.89. The number of allylic oxidation sites excluding steroid dienone is 1. The van der Waals surface area contributed by atoms with Gasteiger partial charge < -0.3 is 14.4 Å². The molecule has 3 aromatic rings. The number of anilines is 2. The van der Waals surface area contributed by atoms with Crippen LogP contribution < -0.4 is 14.5 Å². The zero-order chi connectivity index (χ0) is 27.5. The highest BCUT2D eigenvalue weighted by atomic mass is 16.7. The molecular formula is C33H26N4O4. The molecule has 5 aliphatic rings. The molecule has 4 heterocycles. The standard InChI is InChI=1S/C33H26N4O4/c38-32-26-11-9-24(15-28(26)34-17-22-13-20-5-1-3-7-30(20)36(22)32)40-19-41-25-10-12-27-29(16-25)35-18-23-14-21-6-2-4-8-31(21)37(23)33(27)39/h1-12,15-18,22-23,26,28H,13-14,19H2/t22-,23-,26?,28?/m0/s1. The lowest BCUT2D eigenvalue weighted by Gasteiger charge is -2.26. The van der Waals surface area contributed by atoms with Crippen LogP contribution in [0.5, 0.6) is 5.75 Å². The first-order valence-electron chi connectivity index (χ1n) is 13.8. The summed E-state index contributed by atoms with van der Waals surface area (Å²) in [4.78, 5) is 40.0. The van der Waals surface area contributed by atoms with Crippen molar-refractivity contribution in [3.63, 3.8) is 0 Å². The Balaban J connectivity index is 0.943. The Labute approximate surface area is 236 Å². The van der Waals surface area contributed by atoms with E-state index in [-0.39, 0.29) is 42.7 Å². The number of aliphatic imine (C=N–C) groups is 2. The molecule has 0 spiro atoms. The lowest BCUT2D eigenvalue weighted by molar-refractivity contribution is -0.121. The molecule has 0 N–H and O–H groups in total. The van der Waals surface area contributed by atoms with Crippen molar-refractivity contribution < 1.29 is 19.1 Å². The Kier molecular flexibility index (Phi) is 5.41. The van der Waals surface area contributed by atoms with Gasteiger partial charge in [0, 0.05) is 42.7 Å². The predicted molar refractivity (Wildman–Crippen MR) is 156 cm³/mol. The summed E-state index contributed by atoms with van der Waals surface area (Å²) in [6.45, 7) is -0.0358. The number of rotatable bonds is 4. The average molecular weight is 543 g/mol. The monoisotopic (exact) mass is 542 g/mol. The minimum atomic E-state index is -0.377. The summed E-state index contributed by atoms with van der Waals surface area (Å²) in [5, 5.41) is 0. The first-order valence-corrected chi connectivity index (χ1v) is 13.8. The van der Waals surface area contributed by atoms with E-state index in [9.17, 15) is 9.59 Å². The van der Waals surface area contributed by atoms with Crippen LogP contribution in [0.4, 0.5) is 17.1 Å². The van der Waals surface area contributed by atoms with E-state index in [1.165, 1.54) is 5.56 Å². The largest absolute Gasteiger partial charge is 0.458 e. The molecule has 8 rings (SSSR count). The molecule has 0 aromatic heterocycles. The molecule has 0 saturated heterocycles. The van der Waals surface area contributed by atoms with Crippen LogP contribution in [0.3, 0.4) is 0 Å². The lowest BCUT2D eigenvalue weighted by Crippen LogP contribution is -2.42.